The molecule has 0 aliphatic carbocycles. The Kier molecular flexibility index (Phi) is 14.1. The number of hydrogen-bond donors (Lipinski definition) is 2. The van der Waals surface area contributed by atoms with Crippen molar-refractivity contribution in [2.75, 3.05) is 0 Å². The fourth-order valence-corrected chi connectivity index (χ4v) is 2.17. The third-order valence-electron chi connectivity index (χ3n) is 3.51. The van der Waals surface area contributed by atoms with E-state index in [0.29, 0.717) is 5.92 Å². The van der Waals surface area contributed by atoms with Crippen molar-refractivity contribution in [1.29, 1.82) is 0 Å². The van der Waals surface area contributed by atoms with Gasteiger partial charge in [-0.1, -0.05) is 52.9 Å². The average Bonchev–Trinajstić information content (AvgIpc) is 2.26. The summed E-state index contributed by atoms with van der Waals surface area (Å²) in [7, 11) is 0. The van der Waals surface area contributed by atoms with E-state index in [9.17, 15) is 9.59 Å². The summed E-state index contributed by atoms with van der Waals surface area (Å²) in [5, 5.41) is 17.8. The van der Waals surface area contributed by atoms with Gasteiger partial charge < -0.3 is 10.2 Å². The average molecular weight is 398 g/mol. The Morgan fingerprint density at radius 3 is 1.89 bits per heavy atom. The quantitative estimate of drug-likeness (QED) is 0.337. The third kappa shape index (κ3) is 9.96. The van der Waals surface area contributed by atoms with E-state index in [1.54, 1.807) is 0 Å². The van der Waals surface area contributed by atoms with E-state index >= 15 is 0 Å². The monoisotopic (exact) mass is 398 g/mol. The maximum absolute atomic E-state index is 10.9. The molecule has 0 spiro atoms. The molecular weight excluding hydrogens is 369 g/mol. The molecule has 0 aromatic carbocycles. The van der Waals surface area contributed by atoms with Crippen LogP contribution in [-0.4, -0.2) is 71.0 Å². The van der Waals surface area contributed by atoms with Crippen molar-refractivity contribution in [3.63, 3.8) is 0 Å². The second-order valence-corrected chi connectivity index (χ2v) is 5.32. The van der Waals surface area contributed by atoms with Crippen molar-refractivity contribution in [1.82, 2.24) is 0 Å². The molecule has 19 heavy (non-hydrogen) atoms. The summed E-state index contributed by atoms with van der Waals surface area (Å²) in [4.78, 5) is 21.8. The molecule has 0 radical (unpaired) electrons. The van der Waals surface area contributed by atoms with E-state index in [1.807, 2.05) is 13.8 Å². The number of carboxylic acid groups (broad SMARTS) is 2. The number of hydrogen-bond acceptors (Lipinski definition) is 2. The number of unbranched alkanes of at least 4 members (excludes halogenated alkanes) is 3. The molecule has 4 nitrogen and oxygen atoms in total. The van der Waals surface area contributed by atoms with E-state index in [-0.39, 0.29) is 61.2 Å². The van der Waals surface area contributed by atoms with E-state index in [2.05, 4.69) is 6.92 Å². The van der Waals surface area contributed by atoms with Crippen molar-refractivity contribution < 1.29 is 19.8 Å². The van der Waals surface area contributed by atoms with E-state index in [4.69, 9.17) is 10.2 Å². The molecule has 1 unspecified atom stereocenters. The van der Waals surface area contributed by atoms with Crippen LogP contribution in [0.2, 0.25) is 0 Å². The van der Waals surface area contributed by atoms with Gasteiger partial charge in [0.25, 0.3) is 0 Å². The molecule has 0 rings (SSSR count). The second-order valence-electron chi connectivity index (χ2n) is 5.32. The first-order valence-electron chi connectivity index (χ1n) is 6.85. The Labute approximate surface area is 156 Å². The first-order chi connectivity index (χ1) is 8.40. The van der Waals surface area contributed by atoms with Crippen molar-refractivity contribution >= 4 is 60.8 Å². The summed E-state index contributed by atoms with van der Waals surface area (Å²) in [6, 6.07) is 0. The van der Waals surface area contributed by atoms with Gasteiger partial charge in [-0.05, 0) is 18.3 Å². The van der Waals surface area contributed by atoms with Gasteiger partial charge in [0.1, 0.15) is 0 Å². The summed E-state index contributed by atoms with van der Waals surface area (Å²) in [6.07, 6.45) is 5.72. The molecule has 0 fully saturated rings. The van der Waals surface area contributed by atoms with Crippen molar-refractivity contribution in [3.8, 4) is 0 Å². The molecule has 0 saturated heterocycles. The van der Waals surface area contributed by atoms with Crippen LogP contribution in [0.4, 0.5) is 0 Å². The fraction of sp³-hybridized carbons (Fsp3) is 0.857. The van der Waals surface area contributed by atoms with Crippen LogP contribution in [0.5, 0.6) is 0 Å². The van der Waals surface area contributed by atoms with Gasteiger partial charge in [-0.15, -0.1) is 0 Å². The molecule has 0 heterocycles. The molecule has 0 saturated carbocycles. The van der Waals surface area contributed by atoms with Crippen LogP contribution < -0.4 is 0 Å². The molecule has 5 heteroatoms. The molecule has 0 aromatic rings. The second kappa shape index (κ2) is 12.3. The predicted molar refractivity (Wildman–Crippen MR) is 79.0 cm³/mol. The molecule has 0 aliphatic heterocycles. The Morgan fingerprint density at radius 2 is 1.53 bits per heavy atom. The summed E-state index contributed by atoms with van der Waals surface area (Å²) < 4.78 is 0. The standard InChI is InChI=1S/C14H26O4.Ba.2H/c1-4-5-6-7-8-11(10(2)3)9-12(13(15)16)14(17)18;;;/h10-12H,4-9H2,1-3H3,(H,15,16)(H,17,18);;;. The Bertz CT molecular complexity index is 252. The fourth-order valence-electron chi connectivity index (χ4n) is 2.17. The van der Waals surface area contributed by atoms with Gasteiger partial charge in [-0.25, -0.2) is 0 Å². The van der Waals surface area contributed by atoms with E-state index in [0.717, 1.165) is 19.3 Å². The van der Waals surface area contributed by atoms with Crippen LogP contribution in [-0.2, 0) is 9.59 Å². The van der Waals surface area contributed by atoms with E-state index < -0.39 is 17.9 Å². The summed E-state index contributed by atoms with van der Waals surface area (Å²) in [5.41, 5.74) is 0. The van der Waals surface area contributed by atoms with Gasteiger partial charge in [-0.2, -0.15) is 0 Å². The number of carbonyl (C=O) groups is 2. The Morgan fingerprint density at radius 1 is 1.00 bits per heavy atom. The zero-order valence-electron chi connectivity index (χ0n) is 11.7. The summed E-state index contributed by atoms with van der Waals surface area (Å²) in [5.74, 6) is -3.20. The summed E-state index contributed by atoms with van der Waals surface area (Å²) in [6.45, 7) is 6.21. The minimum absolute atomic E-state index is 0. The topological polar surface area (TPSA) is 74.6 Å². The molecule has 2 N–H and O–H groups in total. The Balaban J connectivity index is 0. The number of aliphatic carboxylic acids is 2. The van der Waals surface area contributed by atoms with Gasteiger partial charge in [0, 0.05) is 0 Å². The van der Waals surface area contributed by atoms with Crippen molar-refractivity contribution in [3.05, 3.63) is 0 Å². The zero-order chi connectivity index (χ0) is 14.1. The third-order valence-corrected chi connectivity index (χ3v) is 3.51. The molecule has 0 bridgehead atoms. The Hall–Kier alpha value is 0.511. The maximum atomic E-state index is 10.9. The zero-order valence-corrected chi connectivity index (χ0v) is 11.7. The van der Waals surface area contributed by atoms with E-state index in [1.165, 1.54) is 12.8 Å². The molecule has 0 aliphatic rings. The van der Waals surface area contributed by atoms with Crippen LogP contribution in [0.15, 0.2) is 0 Å². The molecular formula is C14H28BaO4. The number of rotatable bonds is 10. The molecule has 110 valence electrons. The first-order valence-corrected chi connectivity index (χ1v) is 6.85. The van der Waals surface area contributed by atoms with Gasteiger partial charge in [-0.3, -0.25) is 9.59 Å². The SMILES string of the molecule is CCCCCCC(CC(C(=O)O)C(=O)O)C(C)C.[BaH2]. The van der Waals surface area contributed by atoms with Gasteiger partial charge in [0.05, 0.1) is 0 Å². The van der Waals surface area contributed by atoms with Crippen LogP contribution in [0, 0.1) is 17.8 Å². The van der Waals surface area contributed by atoms with Gasteiger partial charge in [0.2, 0.25) is 0 Å². The predicted octanol–water partition coefficient (Wildman–Crippen LogP) is 2.49. The van der Waals surface area contributed by atoms with Crippen molar-refractivity contribution in [2.24, 2.45) is 17.8 Å². The van der Waals surface area contributed by atoms with Crippen LogP contribution in [0.25, 0.3) is 0 Å². The molecule has 0 amide bonds. The van der Waals surface area contributed by atoms with Gasteiger partial charge in [0.15, 0.2) is 5.92 Å². The normalized spacial score (nSPS) is 12.3. The number of carboxylic acids is 2. The van der Waals surface area contributed by atoms with Crippen LogP contribution in [0.3, 0.4) is 0 Å². The van der Waals surface area contributed by atoms with Crippen LogP contribution in [0.1, 0.15) is 59.3 Å². The summed E-state index contributed by atoms with van der Waals surface area (Å²) >= 11 is 0. The van der Waals surface area contributed by atoms with Crippen LogP contribution >= 0.6 is 0 Å². The van der Waals surface area contributed by atoms with Crippen molar-refractivity contribution in [2.45, 2.75) is 59.3 Å². The minimum atomic E-state index is -1.26. The van der Waals surface area contributed by atoms with Gasteiger partial charge >= 0.3 is 60.8 Å². The molecule has 0 aromatic heterocycles. The first kappa shape index (κ1) is 21.8. The molecule has 1 atom stereocenters.